The van der Waals surface area contributed by atoms with Gasteiger partial charge in [0.15, 0.2) is 0 Å². The van der Waals surface area contributed by atoms with Gasteiger partial charge in [-0.1, -0.05) is 0 Å². The fraction of sp³-hybridized carbons (Fsp3) is 0.643. The number of aryl methyl sites for hydroxylation is 1. The van der Waals surface area contributed by atoms with Gasteiger partial charge in [-0.05, 0) is 38.4 Å². The summed E-state index contributed by atoms with van der Waals surface area (Å²) < 4.78 is 0. The molecule has 1 fully saturated rings. The molecule has 0 saturated carbocycles. The first kappa shape index (κ1) is 14.5. The largest absolute Gasteiger partial charge is 0.355 e. The molecule has 2 rings (SSSR count). The summed E-state index contributed by atoms with van der Waals surface area (Å²) in [5.41, 5.74) is 5.41. The third kappa shape index (κ3) is 4.30. The minimum Gasteiger partial charge on any atom is -0.355 e. The molecule has 1 unspecified atom stereocenters. The molecule has 5 heteroatoms. The van der Waals surface area contributed by atoms with Crippen LogP contribution in [0, 0.1) is 12.8 Å². The van der Waals surface area contributed by atoms with Crippen molar-refractivity contribution < 1.29 is 4.79 Å². The van der Waals surface area contributed by atoms with Crippen molar-refractivity contribution in [2.45, 2.75) is 26.3 Å². The van der Waals surface area contributed by atoms with Crippen molar-refractivity contribution in [3.63, 3.8) is 0 Å². The van der Waals surface area contributed by atoms with E-state index in [9.17, 15) is 4.79 Å². The molecule has 19 heavy (non-hydrogen) atoms. The number of hydrogen-bond acceptors (Lipinski definition) is 4. The van der Waals surface area contributed by atoms with Crippen molar-refractivity contribution in [1.29, 1.82) is 0 Å². The van der Waals surface area contributed by atoms with Gasteiger partial charge >= 0.3 is 0 Å². The van der Waals surface area contributed by atoms with E-state index in [2.05, 4.69) is 29.3 Å². The molecule has 1 aromatic heterocycles. The first-order valence-electron chi connectivity index (χ1n) is 6.94. The van der Waals surface area contributed by atoms with Gasteiger partial charge in [-0.3, -0.25) is 9.69 Å². The zero-order valence-electron chi connectivity index (χ0n) is 11.5. The molecule has 0 aromatic carbocycles. The van der Waals surface area contributed by atoms with Crippen LogP contribution in [0.25, 0.3) is 0 Å². The van der Waals surface area contributed by atoms with Crippen LogP contribution in [0.2, 0.25) is 0 Å². The summed E-state index contributed by atoms with van der Waals surface area (Å²) in [6.07, 6.45) is 2.10. The van der Waals surface area contributed by atoms with Crippen LogP contribution in [0.15, 0.2) is 12.1 Å². The molecule has 106 valence electrons. The van der Waals surface area contributed by atoms with Gasteiger partial charge in [-0.25, -0.2) is 0 Å². The summed E-state index contributed by atoms with van der Waals surface area (Å²) in [6, 6.07) is 4.35. The molecule has 0 aliphatic carbocycles. The Morgan fingerprint density at radius 3 is 3.11 bits per heavy atom. The molecule has 1 aliphatic rings. The first-order chi connectivity index (χ1) is 9.19. The number of carbonyl (C=O) groups is 1. The van der Waals surface area contributed by atoms with E-state index in [4.69, 9.17) is 5.73 Å². The Kier molecular flexibility index (Phi) is 5.36. The molecule has 3 N–H and O–H groups in total. The minimum atomic E-state index is 0.126. The number of amides is 1. The van der Waals surface area contributed by atoms with E-state index in [-0.39, 0.29) is 11.8 Å². The van der Waals surface area contributed by atoms with Crippen molar-refractivity contribution in [3.05, 3.63) is 21.9 Å². The maximum absolute atomic E-state index is 12.0. The quantitative estimate of drug-likeness (QED) is 0.856. The Morgan fingerprint density at radius 1 is 1.58 bits per heavy atom. The van der Waals surface area contributed by atoms with Gasteiger partial charge in [-0.2, -0.15) is 0 Å². The molecular formula is C14H23N3OS. The van der Waals surface area contributed by atoms with Crippen molar-refractivity contribution in [2.24, 2.45) is 11.7 Å². The highest BCUT2D eigenvalue weighted by molar-refractivity contribution is 7.11. The van der Waals surface area contributed by atoms with Gasteiger partial charge in [0.2, 0.25) is 5.91 Å². The van der Waals surface area contributed by atoms with Crippen LogP contribution in [0.1, 0.15) is 22.6 Å². The van der Waals surface area contributed by atoms with Gasteiger partial charge in [0, 0.05) is 35.9 Å². The standard InChI is InChI=1S/C14H23N3OS/c1-11-4-5-13(19-11)10-17-8-2-3-12(9-17)14(18)16-7-6-15/h4-5,12H,2-3,6-10,15H2,1H3,(H,16,18). The predicted molar refractivity (Wildman–Crippen MR) is 79.1 cm³/mol. The maximum Gasteiger partial charge on any atom is 0.224 e. The Hall–Kier alpha value is -0.910. The Morgan fingerprint density at radius 2 is 2.42 bits per heavy atom. The lowest BCUT2D eigenvalue weighted by molar-refractivity contribution is -0.126. The lowest BCUT2D eigenvalue weighted by atomic mass is 9.97. The molecule has 1 aromatic rings. The highest BCUT2D eigenvalue weighted by Crippen LogP contribution is 2.22. The lowest BCUT2D eigenvalue weighted by Crippen LogP contribution is -2.43. The average molecular weight is 281 g/mol. The van der Waals surface area contributed by atoms with Crippen molar-refractivity contribution >= 4 is 17.2 Å². The summed E-state index contributed by atoms with van der Waals surface area (Å²) in [5.74, 6) is 0.291. The zero-order chi connectivity index (χ0) is 13.7. The minimum absolute atomic E-state index is 0.126. The normalized spacial score (nSPS) is 20.4. The number of carbonyl (C=O) groups excluding carboxylic acids is 1. The summed E-state index contributed by atoms with van der Waals surface area (Å²) in [4.78, 5) is 17.1. The third-order valence-electron chi connectivity index (χ3n) is 3.50. The second-order valence-electron chi connectivity index (χ2n) is 5.17. The monoisotopic (exact) mass is 281 g/mol. The number of hydrogen-bond donors (Lipinski definition) is 2. The molecule has 1 aliphatic heterocycles. The van der Waals surface area contributed by atoms with Crippen LogP contribution in [-0.2, 0) is 11.3 Å². The molecule has 2 heterocycles. The molecule has 1 atom stereocenters. The van der Waals surface area contributed by atoms with Gasteiger partial charge in [0.1, 0.15) is 0 Å². The van der Waals surface area contributed by atoms with E-state index in [1.807, 2.05) is 11.3 Å². The summed E-state index contributed by atoms with van der Waals surface area (Å²) in [5, 5.41) is 2.90. The van der Waals surface area contributed by atoms with Crippen LogP contribution >= 0.6 is 11.3 Å². The van der Waals surface area contributed by atoms with Gasteiger partial charge < -0.3 is 11.1 Å². The smallest absolute Gasteiger partial charge is 0.224 e. The van der Waals surface area contributed by atoms with E-state index in [1.54, 1.807) is 0 Å². The molecule has 0 spiro atoms. The molecule has 0 radical (unpaired) electrons. The molecule has 1 saturated heterocycles. The topological polar surface area (TPSA) is 58.4 Å². The van der Waals surface area contributed by atoms with Gasteiger partial charge in [-0.15, -0.1) is 11.3 Å². The van der Waals surface area contributed by atoms with Crippen LogP contribution in [0.3, 0.4) is 0 Å². The van der Waals surface area contributed by atoms with Crippen molar-refractivity contribution in [1.82, 2.24) is 10.2 Å². The third-order valence-corrected chi connectivity index (χ3v) is 4.48. The van der Waals surface area contributed by atoms with Crippen LogP contribution in [0.5, 0.6) is 0 Å². The fourth-order valence-corrected chi connectivity index (χ4v) is 3.48. The number of likely N-dealkylation sites (tertiary alicyclic amines) is 1. The van der Waals surface area contributed by atoms with Crippen LogP contribution in [-0.4, -0.2) is 37.0 Å². The van der Waals surface area contributed by atoms with E-state index >= 15 is 0 Å². The van der Waals surface area contributed by atoms with Gasteiger partial charge in [0.05, 0.1) is 5.92 Å². The first-order valence-corrected chi connectivity index (χ1v) is 7.76. The van der Waals surface area contributed by atoms with Crippen molar-refractivity contribution in [2.75, 3.05) is 26.2 Å². The molecule has 4 nitrogen and oxygen atoms in total. The predicted octanol–water partition coefficient (Wildman–Crippen LogP) is 1.34. The van der Waals surface area contributed by atoms with Crippen molar-refractivity contribution in [3.8, 4) is 0 Å². The maximum atomic E-state index is 12.0. The number of rotatable bonds is 5. The average Bonchev–Trinajstić information content (AvgIpc) is 2.81. The SMILES string of the molecule is Cc1ccc(CN2CCCC(C(=O)NCCN)C2)s1. The highest BCUT2D eigenvalue weighted by Gasteiger charge is 2.25. The number of nitrogens with one attached hydrogen (secondary N) is 1. The Bertz CT molecular complexity index is 419. The van der Waals surface area contributed by atoms with E-state index in [0.717, 1.165) is 32.5 Å². The highest BCUT2D eigenvalue weighted by atomic mass is 32.1. The van der Waals surface area contributed by atoms with E-state index < -0.39 is 0 Å². The number of thiophene rings is 1. The number of nitrogens with two attached hydrogens (primary N) is 1. The molecular weight excluding hydrogens is 258 g/mol. The second kappa shape index (κ2) is 7.03. The van der Waals surface area contributed by atoms with Crippen LogP contribution < -0.4 is 11.1 Å². The fourth-order valence-electron chi connectivity index (χ4n) is 2.54. The summed E-state index contributed by atoms with van der Waals surface area (Å²) in [7, 11) is 0. The lowest BCUT2D eigenvalue weighted by Gasteiger charge is -2.31. The molecule has 0 bridgehead atoms. The second-order valence-corrected chi connectivity index (χ2v) is 6.54. The molecule has 1 amide bonds. The van der Waals surface area contributed by atoms with E-state index in [1.165, 1.54) is 9.75 Å². The zero-order valence-corrected chi connectivity index (χ0v) is 12.3. The Balaban J connectivity index is 1.84. The van der Waals surface area contributed by atoms with Crippen LogP contribution in [0.4, 0.5) is 0 Å². The summed E-state index contributed by atoms with van der Waals surface area (Å²) in [6.45, 7) is 6.16. The number of nitrogens with zero attached hydrogens (tertiary/aromatic N) is 1. The number of piperidine rings is 1. The van der Waals surface area contributed by atoms with E-state index in [0.29, 0.717) is 13.1 Å². The Labute approximate surface area is 119 Å². The summed E-state index contributed by atoms with van der Waals surface area (Å²) >= 11 is 1.85. The van der Waals surface area contributed by atoms with Gasteiger partial charge in [0.25, 0.3) is 0 Å².